The van der Waals surface area contributed by atoms with Crippen molar-refractivity contribution in [2.24, 2.45) is 5.73 Å². The monoisotopic (exact) mass is 374 g/mol. The van der Waals surface area contributed by atoms with Crippen molar-refractivity contribution in [1.82, 2.24) is 10.3 Å². The topological polar surface area (TPSA) is 117 Å². The summed E-state index contributed by atoms with van der Waals surface area (Å²) in [6.07, 6.45) is 2.05. The van der Waals surface area contributed by atoms with Crippen LogP contribution >= 0.6 is 0 Å². The Bertz CT molecular complexity index is 1130. The number of anilines is 1. The maximum absolute atomic E-state index is 12.6. The molecule has 0 bridgehead atoms. The molecule has 0 aliphatic carbocycles. The van der Waals surface area contributed by atoms with Gasteiger partial charge in [0.1, 0.15) is 5.69 Å². The molecule has 4 rings (SSSR count). The first kappa shape index (κ1) is 17.5. The Hall–Kier alpha value is -3.87. The largest absolute Gasteiger partial charge is 0.366 e. The highest BCUT2D eigenvalue weighted by Crippen LogP contribution is 2.32. The number of H-pyrrole nitrogens is 1. The number of carbonyl (C=O) groups is 3. The van der Waals surface area contributed by atoms with Crippen LogP contribution in [0.5, 0.6) is 0 Å². The number of nitrogens with one attached hydrogen (secondary N) is 3. The number of para-hydroxylation sites is 1. The van der Waals surface area contributed by atoms with E-state index < -0.39 is 5.91 Å². The van der Waals surface area contributed by atoms with Crippen LogP contribution in [0.1, 0.15) is 32.8 Å². The summed E-state index contributed by atoms with van der Waals surface area (Å²) >= 11 is 0. The Morgan fingerprint density at radius 3 is 2.57 bits per heavy atom. The average molecular weight is 374 g/mol. The molecule has 0 radical (unpaired) electrons. The van der Waals surface area contributed by atoms with Crippen molar-refractivity contribution in [3.05, 3.63) is 71.4 Å². The number of carbonyl (C=O) groups excluding carboxylic acids is 3. The van der Waals surface area contributed by atoms with E-state index in [0.717, 1.165) is 22.0 Å². The predicted molar refractivity (Wildman–Crippen MR) is 107 cm³/mol. The maximum atomic E-state index is 12.6. The van der Waals surface area contributed by atoms with E-state index in [1.165, 1.54) is 6.08 Å². The molecule has 0 saturated heterocycles. The molecule has 2 aromatic carbocycles. The van der Waals surface area contributed by atoms with Gasteiger partial charge in [0.25, 0.3) is 5.91 Å². The molecule has 1 aliphatic rings. The van der Waals surface area contributed by atoms with E-state index >= 15 is 0 Å². The lowest BCUT2D eigenvalue weighted by Gasteiger charge is -2.07. The third-order valence-electron chi connectivity index (χ3n) is 4.68. The molecule has 0 atom stereocenters. The summed E-state index contributed by atoms with van der Waals surface area (Å²) in [6, 6.07) is 14.0. The number of hydrogen-bond donors (Lipinski definition) is 4. The lowest BCUT2D eigenvalue weighted by Crippen LogP contribution is -2.22. The summed E-state index contributed by atoms with van der Waals surface area (Å²) in [4.78, 5) is 39.2. The molecule has 140 valence electrons. The molecule has 0 fully saturated rings. The number of amides is 3. The van der Waals surface area contributed by atoms with Gasteiger partial charge >= 0.3 is 0 Å². The molecular weight excluding hydrogens is 356 g/mol. The van der Waals surface area contributed by atoms with E-state index in [9.17, 15) is 14.4 Å². The van der Waals surface area contributed by atoms with Crippen LogP contribution in [0.2, 0.25) is 0 Å². The lowest BCUT2D eigenvalue weighted by molar-refractivity contribution is -0.111. The Morgan fingerprint density at radius 2 is 1.82 bits per heavy atom. The van der Waals surface area contributed by atoms with Crippen molar-refractivity contribution in [2.75, 3.05) is 11.9 Å². The molecule has 3 amide bonds. The summed E-state index contributed by atoms with van der Waals surface area (Å²) < 4.78 is 0. The highest BCUT2D eigenvalue weighted by atomic mass is 16.2. The molecule has 28 heavy (non-hydrogen) atoms. The smallest absolute Gasteiger partial charge is 0.268 e. The quantitative estimate of drug-likeness (QED) is 0.527. The van der Waals surface area contributed by atoms with Crippen molar-refractivity contribution in [3.63, 3.8) is 0 Å². The van der Waals surface area contributed by atoms with Gasteiger partial charge in [-0.15, -0.1) is 0 Å². The second-order valence-electron chi connectivity index (χ2n) is 6.53. The summed E-state index contributed by atoms with van der Waals surface area (Å²) in [5.74, 6) is -1.02. The van der Waals surface area contributed by atoms with Crippen LogP contribution in [-0.4, -0.2) is 29.3 Å². The van der Waals surface area contributed by atoms with Gasteiger partial charge < -0.3 is 21.4 Å². The van der Waals surface area contributed by atoms with Gasteiger partial charge in [0.2, 0.25) is 11.8 Å². The molecule has 0 unspecified atom stereocenters. The van der Waals surface area contributed by atoms with E-state index in [4.69, 9.17) is 5.73 Å². The van der Waals surface area contributed by atoms with Gasteiger partial charge in [-0.3, -0.25) is 14.4 Å². The van der Waals surface area contributed by atoms with Gasteiger partial charge in [-0.25, -0.2) is 0 Å². The summed E-state index contributed by atoms with van der Waals surface area (Å²) in [6.45, 7) is 0.447. The zero-order valence-corrected chi connectivity index (χ0v) is 14.9. The van der Waals surface area contributed by atoms with Crippen LogP contribution < -0.4 is 16.4 Å². The SMILES string of the molecule is NC(=O)c1ccc(NC(=O)/C=C2\CCNC(=O)c3[nH]c4ccccc4c32)cc1. The Labute approximate surface area is 160 Å². The molecule has 7 heteroatoms. The van der Waals surface area contributed by atoms with Crippen molar-refractivity contribution in [3.8, 4) is 0 Å². The first-order valence-corrected chi connectivity index (χ1v) is 8.83. The number of fused-ring (bicyclic) bond motifs is 3. The Kier molecular flexibility index (Phi) is 4.41. The van der Waals surface area contributed by atoms with E-state index in [1.54, 1.807) is 24.3 Å². The zero-order chi connectivity index (χ0) is 19.7. The van der Waals surface area contributed by atoms with Crippen LogP contribution in [0, 0.1) is 0 Å². The standard InChI is InChI=1S/C21H18N4O3/c22-20(27)12-5-7-14(8-6-12)24-17(26)11-13-9-10-23-21(28)19-18(13)15-3-1-2-4-16(15)25-19/h1-8,11,25H,9-10H2,(H2,22,27)(H,23,28)(H,24,26)/b13-11+. The second kappa shape index (κ2) is 7.03. The third kappa shape index (κ3) is 3.25. The molecule has 3 aromatic rings. The van der Waals surface area contributed by atoms with Gasteiger partial charge in [0.15, 0.2) is 0 Å². The fourth-order valence-electron chi connectivity index (χ4n) is 3.37. The molecular formula is C21H18N4O3. The highest BCUT2D eigenvalue weighted by molar-refractivity contribution is 6.12. The summed E-state index contributed by atoms with van der Waals surface area (Å²) in [5.41, 5.74) is 8.98. The maximum Gasteiger partial charge on any atom is 0.268 e. The van der Waals surface area contributed by atoms with Crippen molar-refractivity contribution < 1.29 is 14.4 Å². The first-order valence-electron chi connectivity index (χ1n) is 8.83. The van der Waals surface area contributed by atoms with E-state index in [1.807, 2.05) is 24.3 Å². The van der Waals surface area contributed by atoms with E-state index in [0.29, 0.717) is 29.9 Å². The molecule has 7 nitrogen and oxygen atoms in total. The Balaban J connectivity index is 1.67. The van der Waals surface area contributed by atoms with Crippen LogP contribution in [0.25, 0.3) is 16.5 Å². The van der Waals surface area contributed by atoms with Gasteiger partial charge in [0, 0.05) is 40.3 Å². The van der Waals surface area contributed by atoms with Crippen LogP contribution in [0.3, 0.4) is 0 Å². The van der Waals surface area contributed by atoms with Gasteiger partial charge in [-0.2, -0.15) is 0 Å². The minimum absolute atomic E-state index is 0.183. The predicted octanol–water partition coefficient (Wildman–Crippen LogP) is 2.42. The van der Waals surface area contributed by atoms with Crippen molar-refractivity contribution >= 4 is 39.9 Å². The first-order chi connectivity index (χ1) is 13.5. The lowest BCUT2D eigenvalue weighted by atomic mass is 9.99. The van der Waals surface area contributed by atoms with Crippen molar-refractivity contribution in [1.29, 1.82) is 0 Å². The fourth-order valence-corrected chi connectivity index (χ4v) is 3.37. The molecule has 0 spiro atoms. The molecule has 5 N–H and O–H groups in total. The third-order valence-corrected chi connectivity index (χ3v) is 4.68. The van der Waals surface area contributed by atoms with E-state index in [2.05, 4.69) is 15.6 Å². The van der Waals surface area contributed by atoms with Gasteiger partial charge in [-0.05, 0) is 42.3 Å². The number of aromatic amines is 1. The van der Waals surface area contributed by atoms with E-state index in [-0.39, 0.29) is 11.8 Å². The number of aromatic nitrogens is 1. The number of rotatable bonds is 3. The zero-order valence-electron chi connectivity index (χ0n) is 14.9. The van der Waals surface area contributed by atoms with Gasteiger partial charge in [0.05, 0.1) is 0 Å². The number of primary amides is 1. The number of benzene rings is 2. The summed E-state index contributed by atoms with van der Waals surface area (Å²) in [5, 5.41) is 6.52. The Morgan fingerprint density at radius 1 is 1.07 bits per heavy atom. The highest BCUT2D eigenvalue weighted by Gasteiger charge is 2.23. The molecule has 1 aromatic heterocycles. The van der Waals surface area contributed by atoms with Crippen LogP contribution in [-0.2, 0) is 4.79 Å². The van der Waals surface area contributed by atoms with Gasteiger partial charge in [-0.1, -0.05) is 18.2 Å². The minimum Gasteiger partial charge on any atom is -0.366 e. The van der Waals surface area contributed by atoms with Crippen molar-refractivity contribution in [2.45, 2.75) is 6.42 Å². The van der Waals surface area contributed by atoms with Crippen LogP contribution in [0.4, 0.5) is 5.69 Å². The van der Waals surface area contributed by atoms with Crippen LogP contribution in [0.15, 0.2) is 54.6 Å². The number of hydrogen-bond acceptors (Lipinski definition) is 3. The minimum atomic E-state index is -0.525. The second-order valence-corrected chi connectivity index (χ2v) is 6.53. The average Bonchev–Trinajstić information content (AvgIpc) is 3.00. The molecule has 1 aliphatic heterocycles. The summed E-state index contributed by atoms with van der Waals surface area (Å²) in [7, 11) is 0. The number of nitrogens with two attached hydrogens (primary N) is 1. The molecule has 0 saturated carbocycles. The normalized spacial score (nSPS) is 15.0. The fraction of sp³-hybridized carbons (Fsp3) is 0.0952. The molecule has 2 heterocycles.